The average Bonchev–Trinajstić information content (AvgIpc) is 2.60. The molecule has 7 heteroatoms. The van der Waals surface area contributed by atoms with E-state index in [1.54, 1.807) is 26.0 Å². The lowest BCUT2D eigenvalue weighted by Gasteiger charge is -2.27. The van der Waals surface area contributed by atoms with Crippen molar-refractivity contribution in [2.75, 3.05) is 4.90 Å². The predicted molar refractivity (Wildman–Crippen MR) is 87.2 cm³/mol. The maximum Gasteiger partial charge on any atom is 0.335 e. The number of benzene rings is 2. The number of aromatic carboxylic acids is 1. The van der Waals surface area contributed by atoms with Crippen molar-refractivity contribution in [1.82, 2.24) is 0 Å². The Morgan fingerprint density at radius 2 is 1.75 bits per heavy atom. The lowest BCUT2D eigenvalue weighted by molar-refractivity contribution is 0.0696. The van der Waals surface area contributed by atoms with Gasteiger partial charge in [0.05, 0.1) is 26.6 Å². The van der Waals surface area contributed by atoms with Crippen LogP contribution < -0.4 is 4.90 Å². The number of carbonyl (C=O) groups is 2. The van der Waals surface area contributed by atoms with Gasteiger partial charge in [0.15, 0.2) is 0 Å². The number of sulfone groups is 1. The number of carboxylic acids is 1. The standard InChI is InChI=1S/C17H15NO5S/c1-10(2)18-13-9-11(17(20)21)7-8-15(13)24(22,23)14-6-4-3-5-12(14)16(18)19/h3-10H,1-2H3,(H,20,21). The molecule has 1 amide bonds. The highest BCUT2D eigenvalue weighted by Gasteiger charge is 2.36. The zero-order valence-corrected chi connectivity index (χ0v) is 13.9. The molecule has 0 saturated carbocycles. The molecule has 2 aromatic carbocycles. The number of anilines is 1. The summed E-state index contributed by atoms with van der Waals surface area (Å²) in [5, 5.41) is 9.20. The molecule has 124 valence electrons. The summed E-state index contributed by atoms with van der Waals surface area (Å²) in [4.78, 5) is 25.4. The van der Waals surface area contributed by atoms with Crippen molar-refractivity contribution in [2.45, 2.75) is 29.7 Å². The number of carboxylic acid groups (broad SMARTS) is 1. The monoisotopic (exact) mass is 345 g/mol. The van der Waals surface area contributed by atoms with E-state index in [0.29, 0.717) is 0 Å². The van der Waals surface area contributed by atoms with E-state index in [2.05, 4.69) is 0 Å². The molecular formula is C17H15NO5S. The van der Waals surface area contributed by atoms with Crippen LogP contribution in [0.4, 0.5) is 5.69 Å². The highest BCUT2D eigenvalue weighted by atomic mass is 32.2. The second-order valence-corrected chi connectivity index (χ2v) is 7.64. The van der Waals surface area contributed by atoms with Crippen LogP contribution in [0.25, 0.3) is 0 Å². The normalized spacial score (nSPS) is 15.6. The van der Waals surface area contributed by atoms with Crippen LogP contribution in [0.3, 0.4) is 0 Å². The highest BCUT2D eigenvalue weighted by molar-refractivity contribution is 7.91. The van der Waals surface area contributed by atoms with Crippen molar-refractivity contribution >= 4 is 27.4 Å². The Morgan fingerprint density at radius 3 is 2.38 bits per heavy atom. The molecule has 0 unspecified atom stereocenters. The average molecular weight is 345 g/mol. The fourth-order valence-corrected chi connectivity index (χ4v) is 4.43. The van der Waals surface area contributed by atoms with Crippen molar-refractivity contribution in [3.05, 3.63) is 53.6 Å². The molecule has 3 rings (SSSR count). The van der Waals surface area contributed by atoms with Crippen LogP contribution >= 0.6 is 0 Å². The zero-order valence-electron chi connectivity index (χ0n) is 13.1. The number of nitrogens with zero attached hydrogens (tertiary/aromatic N) is 1. The van der Waals surface area contributed by atoms with Crippen molar-refractivity contribution < 1.29 is 23.1 Å². The van der Waals surface area contributed by atoms with Crippen LogP contribution in [0, 0.1) is 0 Å². The van der Waals surface area contributed by atoms with E-state index >= 15 is 0 Å². The summed E-state index contributed by atoms with van der Waals surface area (Å²) in [5.41, 5.74) is 0.0960. The molecule has 1 aliphatic heterocycles. The molecule has 6 nitrogen and oxygen atoms in total. The molecule has 0 spiro atoms. The third kappa shape index (κ3) is 2.28. The van der Waals surface area contributed by atoms with E-state index in [0.717, 1.165) is 0 Å². The van der Waals surface area contributed by atoms with Gasteiger partial charge in [-0.05, 0) is 44.2 Å². The lowest BCUT2D eigenvalue weighted by atomic mass is 10.1. The van der Waals surface area contributed by atoms with Gasteiger partial charge >= 0.3 is 5.97 Å². The molecule has 0 aromatic heterocycles. The van der Waals surface area contributed by atoms with E-state index in [1.165, 1.54) is 35.2 Å². The minimum atomic E-state index is -3.94. The Hall–Kier alpha value is -2.67. The number of fused-ring (bicyclic) bond motifs is 2. The van der Waals surface area contributed by atoms with Crippen LogP contribution in [0.2, 0.25) is 0 Å². The number of amides is 1. The summed E-state index contributed by atoms with van der Waals surface area (Å²) >= 11 is 0. The Bertz CT molecular complexity index is 963. The van der Waals surface area contributed by atoms with Gasteiger partial charge in [0.1, 0.15) is 0 Å². The molecule has 0 aliphatic carbocycles. The molecule has 1 heterocycles. The Kier molecular flexibility index (Phi) is 3.68. The molecule has 0 radical (unpaired) electrons. The molecule has 1 N–H and O–H groups in total. The minimum Gasteiger partial charge on any atom is -0.478 e. The number of carbonyl (C=O) groups excluding carboxylic acids is 1. The predicted octanol–water partition coefficient (Wildman–Crippen LogP) is 2.59. The van der Waals surface area contributed by atoms with Gasteiger partial charge in [0.25, 0.3) is 5.91 Å². The first kappa shape index (κ1) is 16.2. The van der Waals surface area contributed by atoms with Crippen molar-refractivity contribution in [3.63, 3.8) is 0 Å². The summed E-state index contributed by atoms with van der Waals surface area (Å²) in [7, 11) is -3.94. The van der Waals surface area contributed by atoms with Crippen LogP contribution in [0.15, 0.2) is 52.3 Å². The molecule has 0 bridgehead atoms. The molecule has 0 fully saturated rings. The maximum absolute atomic E-state index is 13.0. The van der Waals surface area contributed by atoms with E-state index < -0.39 is 21.7 Å². The van der Waals surface area contributed by atoms with Gasteiger partial charge < -0.3 is 10.0 Å². The van der Waals surface area contributed by atoms with E-state index in [4.69, 9.17) is 0 Å². The largest absolute Gasteiger partial charge is 0.478 e. The van der Waals surface area contributed by atoms with Gasteiger partial charge in [-0.2, -0.15) is 0 Å². The van der Waals surface area contributed by atoms with E-state index in [9.17, 15) is 23.1 Å². The summed E-state index contributed by atoms with van der Waals surface area (Å²) in [6.45, 7) is 3.49. The van der Waals surface area contributed by atoms with Crippen molar-refractivity contribution in [2.24, 2.45) is 0 Å². The maximum atomic E-state index is 13.0. The van der Waals surface area contributed by atoms with Gasteiger partial charge in [-0.25, -0.2) is 13.2 Å². The second-order valence-electron chi connectivity index (χ2n) is 5.76. The van der Waals surface area contributed by atoms with E-state index in [1.807, 2.05) is 0 Å². The van der Waals surface area contributed by atoms with Crippen molar-refractivity contribution in [1.29, 1.82) is 0 Å². The second kappa shape index (κ2) is 5.45. The smallest absolute Gasteiger partial charge is 0.335 e. The highest BCUT2D eigenvalue weighted by Crippen LogP contribution is 2.38. The number of hydrogen-bond donors (Lipinski definition) is 1. The summed E-state index contributed by atoms with van der Waals surface area (Å²) < 4.78 is 26.0. The summed E-state index contributed by atoms with van der Waals surface area (Å²) in [5.74, 6) is -1.65. The zero-order chi connectivity index (χ0) is 17.6. The van der Waals surface area contributed by atoms with Gasteiger partial charge in [-0.15, -0.1) is 0 Å². The van der Waals surface area contributed by atoms with Gasteiger partial charge in [0.2, 0.25) is 9.84 Å². The van der Waals surface area contributed by atoms with Gasteiger partial charge in [-0.1, -0.05) is 12.1 Å². The molecular weight excluding hydrogens is 330 g/mol. The third-order valence-electron chi connectivity index (χ3n) is 3.90. The van der Waals surface area contributed by atoms with Crippen LogP contribution in [0.5, 0.6) is 0 Å². The van der Waals surface area contributed by atoms with Crippen LogP contribution in [0.1, 0.15) is 34.6 Å². The third-order valence-corrected chi connectivity index (χ3v) is 5.76. The number of rotatable bonds is 2. The van der Waals surface area contributed by atoms with Gasteiger partial charge in [-0.3, -0.25) is 4.79 Å². The summed E-state index contributed by atoms with van der Waals surface area (Å²) in [6, 6.07) is 9.38. The Labute approximate surface area is 139 Å². The fraction of sp³-hybridized carbons (Fsp3) is 0.176. The fourth-order valence-electron chi connectivity index (χ4n) is 2.81. The van der Waals surface area contributed by atoms with Crippen LogP contribution in [-0.2, 0) is 9.84 Å². The molecule has 1 aliphatic rings. The van der Waals surface area contributed by atoms with E-state index in [-0.39, 0.29) is 32.6 Å². The Balaban J connectivity index is 2.43. The van der Waals surface area contributed by atoms with Crippen LogP contribution in [-0.4, -0.2) is 31.4 Å². The Morgan fingerprint density at radius 1 is 1.08 bits per heavy atom. The molecule has 0 atom stereocenters. The molecule has 24 heavy (non-hydrogen) atoms. The first-order valence-electron chi connectivity index (χ1n) is 7.30. The lowest BCUT2D eigenvalue weighted by Crippen LogP contribution is -2.37. The van der Waals surface area contributed by atoms with Crippen molar-refractivity contribution in [3.8, 4) is 0 Å². The first-order valence-corrected chi connectivity index (χ1v) is 8.78. The summed E-state index contributed by atoms with van der Waals surface area (Å²) in [6.07, 6.45) is 0. The first-order chi connectivity index (χ1) is 11.2. The topological polar surface area (TPSA) is 91.8 Å². The minimum absolute atomic E-state index is 0.0672. The number of hydrogen-bond acceptors (Lipinski definition) is 4. The molecule has 0 saturated heterocycles. The van der Waals surface area contributed by atoms with Gasteiger partial charge in [0, 0.05) is 6.04 Å². The SMILES string of the molecule is CC(C)N1C(=O)c2ccccc2S(=O)(=O)c2ccc(C(=O)O)cc21. The quantitative estimate of drug-likeness (QED) is 0.903. The molecule has 2 aromatic rings.